The van der Waals surface area contributed by atoms with E-state index in [2.05, 4.69) is 21.2 Å². The smallest absolute Gasteiger partial charge is 0.264 e. The molecule has 0 saturated carbocycles. The molecule has 4 rings (SSSR count). The minimum Gasteiger partial charge on any atom is -0.350 e. The van der Waals surface area contributed by atoms with Gasteiger partial charge in [0.25, 0.3) is 10.0 Å². The Morgan fingerprint density at radius 2 is 1.38 bits per heavy atom. The number of carbonyl (C=O) groups is 2. The number of benzene rings is 4. The molecule has 0 aliphatic heterocycles. The Balaban J connectivity index is 1.84. The van der Waals surface area contributed by atoms with Gasteiger partial charge in [0.15, 0.2) is 0 Å². The van der Waals surface area contributed by atoms with Crippen LogP contribution in [0.1, 0.15) is 43.0 Å². The molecule has 7 nitrogen and oxygen atoms in total. The van der Waals surface area contributed by atoms with E-state index in [1.807, 2.05) is 95.3 Å². The minimum atomic E-state index is -4.15. The number of hydrogen-bond acceptors (Lipinski definition) is 4. The number of nitrogens with one attached hydrogen (secondary N) is 1. The Hall–Kier alpha value is -3.95. The predicted octanol–water partition coefficient (Wildman–Crippen LogP) is 6.82. The molecule has 9 heteroatoms. The molecule has 0 heterocycles. The molecule has 45 heavy (non-hydrogen) atoms. The first-order valence-corrected chi connectivity index (χ1v) is 17.0. The van der Waals surface area contributed by atoms with Gasteiger partial charge in [-0.05, 0) is 93.3 Å². The number of aryl methyl sites for hydroxylation is 2. The van der Waals surface area contributed by atoms with E-state index in [1.165, 1.54) is 17.0 Å². The van der Waals surface area contributed by atoms with Gasteiger partial charge in [-0.3, -0.25) is 13.9 Å². The number of nitrogens with zero attached hydrogens (tertiary/aromatic N) is 2. The van der Waals surface area contributed by atoms with Crippen molar-refractivity contribution in [2.75, 3.05) is 10.8 Å². The molecule has 0 aromatic heterocycles. The monoisotopic (exact) mass is 689 g/mol. The predicted molar refractivity (Wildman–Crippen MR) is 183 cm³/mol. The summed E-state index contributed by atoms with van der Waals surface area (Å²) in [6.07, 6.45) is 0.248. The highest BCUT2D eigenvalue weighted by atomic mass is 79.9. The molecule has 1 N–H and O–H groups in total. The van der Waals surface area contributed by atoms with E-state index in [1.54, 1.807) is 30.3 Å². The van der Waals surface area contributed by atoms with E-state index in [4.69, 9.17) is 0 Å². The third-order valence-electron chi connectivity index (χ3n) is 7.12. The summed E-state index contributed by atoms with van der Waals surface area (Å²) in [5.41, 5.74) is 3.22. The molecule has 0 aliphatic rings. The van der Waals surface area contributed by atoms with Crippen molar-refractivity contribution in [1.82, 2.24) is 10.2 Å². The fourth-order valence-electron chi connectivity index (χ4n) is 5.18. The molecule has 0 aliphatic carbocycles. The summed E-state index contributed by atoms with van der Waals surface area (Å²) in [5, 5.41) is 3.05. The molecule has 1 atom stereocenters. The van der Waals surface area contributed by atoms with E-state index in [0.717, 1.165) is 31.0 Å². The number of anilines is 1. The maximum absolute atomic E-state index is 14.6. The van der Waals surface area contributed by atoms with Crippen LogP contribution in [-0.2, 0) is 32.6 Å². The van der Waals surface area contributed by atoms with Gasteiger partial charge in [0.1, 0.15) is 12.6 Å². The highest BCUT2D eigenvalue weighted by Gasteiger charge is 2.35. The maximum Gasteiger partial charge on any atom is 0.264 e. The van der Waals surface area contributed by atoms with Crippen LogP contribution in [0.25, 0.3) is 0 Å². The van der Waals surface area contributed by atoms with E-state index in [9.17, 15) is 18.0 Å². The normalized spacial score (nSPS) is 12.3. The van der Waals surface area contributed by atoms with Gasteiger partial charge in [0, 0.05) is 23.0 Å². The first-order chi connectivity index (χ1) is 21.2. The molecule has 4 aromatic rings. The highest BCUT2D eigenvalue weighted by Crippen LogP contribution is 2.27. The molecule has 1 unspecified atom stereocenters. The molecule has 0 bridgehead atoms. The number of rotatable bonds is 11. The van der Waals surface area contributed by atoms with Crippen LogP contribution in [-0.4, -0.2) is 43.3 Å². The van der Waals surface area contributed by atoms with Crippen LogP contribution in [0.15, 0.2) is 112 Å². The van der Waals surface area contributed by atoms with Crippen LogP contribution in [0.4, 0.5) is 5.69 Å². The van der Waals surface area contributed by atoms with Crippen LogP contribution in [0.5, 0.6) is 0 Å². The zero-order valence-electron chi connectivity index (χ0n) is 26.3. The summed E-state index contributed by atoms with van der Waals surface area (Å²) < 4.78 is 30.3. The molecular weight excluding hydrogens is 650 g/mol. The van der Waals surface area contributed by atoms with Crippen molar-refractivity contribution in [3.8, 4) is 0 Å². The lowest BCUT2D eigenvalue weighted by Crippen LogP contribution is -2.56. The standard InChI is InChI=1S/C36H40BrN3O4S/c1-26-19-27(2)21-31(20-26)40(45(43,44)32-17-10-7-11-18-32)25-34(41)39(24-29-15-12-16-30(37)22-29)33(35(42)38-36(3,4)5)23-28-13-8-6-9-14-28/h6-22,33H,23-25H2,1-5H3,(H,38,42). The van der Waals surface area contributed by atoms with Gasteiger partial charge in [-0.1, -0.05) is 82.7 Å². The SMILES string of the molecule is Cc1cc(C)cc(N(CC(=O)N(Cc2cccc(Br)c2)C(Cc2ccccc2)C(=O)NC(C)(C)C)S(=O)(=O)c2ccccc2)c1. The quantitative estimate of drug-likeness (QED) is 0.187. The van der Waals surface area contributed by atoms with Crippen LogP contribution in [0.3, 0.4) is 0 Å². The molecular formula is C36H40BrN3O4S. The van der Waals surface area contributed by atoms with Crippen molar-refractivity contribution >= 4 is 43.5 Å². The molecule has 4 aromatic carbocycles. The zero-order chi connectivity index (χ0) is 32.8. The summed E-state index contributed by atoms with van der Waals surface area (Å²) in [7, 11) is -4.15. The second-order valence-corrected chi connectivity index (χ2v) is 15.0. The third-order valence-corrected chi connectivity index (χ3v) is 9.40. The van der Waals surface area contributed by atoms with Crippen molar-refractivity contribution in [2.45, 2.75) is 64.1 Å². The van der Waals surface area contributed by atoms with Crippen molar-refractivity contribution in [3.05, 3.63) is 130 Å². The van der Waals surface area contributed by atoms with E-state index in [-0.39, 0.29) is 23.8 Å². The van der Waals surface area contributed by atoms with Crippen LogP contribution < -0.4 is 9.62 Å². The summed E-state index contributed by atoms with van der Waals surface area (Å²) >= 11 is 3.51. The van der Waals surface area contributed by atoms with Gasteiger partial charge < -0.3 is 10.2 Å². The van der Waals surface area contributed by atoms with Gasteiger partial charge in [-0.25, -0.2) is 8.42 Å². The summed E-state index contributed by atoms with van der Waals surface area (Å²) in [6.45, 7) is 9.04. The van der Waals surface area contributed by atoms with E-state index < -0.39 is 34.1 Å². The van der Waals surface area contributed by atoms with Gasteiger partial charge in [0.05, 0.1) is 10.6 Å². The average molecular weight is 691 g/mol. The van der Waals surface area contributed by atoms with Crippen LogP contribution in [0, 0.1) is 13.8 Å². The van der Waals surface area contributed by atoms with Gasteiger partial charge in [0.2, 0.25) is 11.8 Å². The number of carbonyl (C=O) groups excluding carboxylic acids is 2. The Bertz CT molecular complexity index is 1720. The average Bonchev–Trinajstić information content (AvgIpc) is 2.97. The Kier molecular flexibility index (Phi) is 10.9. The fourth-order valence-corrected chi connectivity index (χ4v) is 7.05. The zero-order valence-corrected chi connectivity index (χ0v) is 28.7. The fraction of sp³-hybridized carbons (Fsp3) is 0.278. The maximum atomic E-state index is 14.6. The van der Waals surface area contributed by atoms with Crippen LogP contribution >= 0.6 is 15.9 Å². The second-order valence-electron chi connectivity index (χ2n) is 12.3. The minimum absolute atomic E-state index is 0.0711. The van der Waals surface area contributed by atoms with Gasteiger partial charge in [-0.2, -0.15) is 0 Å². The van der Waals surface area contributed by atoms with Crippen LogP contribution in [0.2, 0.25) is 0 Å². The first-order valence-electron chi connectivity index (χ1n) is 14.8. The molecule has 0 saturated heterocycles. The third kappa shape index (κ3) is 9.28. The summed E-state index contributed by atoms with van der Waals surface area (Å²) in [4.78, 5) is 30.2. The number of hydrogen-bond donors (Lipinski definition) is 1. The van der Waals surface area contributed by atoms with Crippen molar-refractivity contribution in [1.29, 1.82) is 0 Å². The molecule has 0 radical (unpaired) electrons. The van der Waals surface area contributed by atoms with Crippen molar-refractivity contribution in [3.63, 3.8) is 0 Å². The Morgan fingerprint density at radius 1 is 0.800 bits per heavy atom. The lowest BCUT2D eigenvalue weighted by atomic mass is 10.0. The molecule has 2 amide bonds. The van der Waals surface area contributed by atoms with Gasteiger partial charge in [-0.15, -0.1) is 0 Å². The second kappa shape index (κ2) is 14.4. The topological polar surface area (TPSA) is 86.8 Å². The molecule has 0 fully saturated rings. The highest BCUT2D eigenvalue weighted by molar-refractivity contribution is 9.10. The summed E-state index contributed by atoms with van der Waals surface area (Å²) in [6, 6.07) is 29.7. The molecule has 236 valence electrons. The lowest BCUT2D eigenvalue weighted by molar-refractivity contribution is -0.140. The van der Waals surface area contributed by atoms with Crippen molar-refractivity contribution in [2.24, 2.45) is 0 Å². The number of sulfonamides is 1. The summed E-state index contributed by atoms with van der Waals surface area (Å²) in [5.74, 6) is -0.822. The lowest BCUT2D eigenvalue weighted by Gasteiger charge is -2.35. The Morgan fingerprint density at radius 3 is 1.96 bits per heavy atom. The van der Waals surface area contributed by atoms with E-state index in [0.29, 0.717) is 5.69 Å². The Labute approximate surface area is 275 Å². The number of halogens is 1. The van der Waals surface area contributed by atoms with Crippen molar-refractivity contribution < 1.29 is 18.0 Å². The first kappa shape index (κ1) is 33.9. The largest absolute Gasteiger partial charge is 0.350 e. The molecule has 0 spiro atoms. The van der Waals surface area contributed by atoms with Gasteiger partial charge >= 0.3 is 0 Å². The van der Waals surface area contributed by atoms with E-state index >= 15 is 0 Å². The number of amides is 2.